The van der Waals surface area contributed by atoms with Gasteiger partial charge >= 0.3 is 0 Å². The number of carbonyl (C=O) groups excluding carboxylic acids is 1. The van der Waals surface area contributed by atoms with Crippen molar-refractivity contribution in [3.05, 3.63) is 18.2 Å². The SMILES string of the molecule is C[C@@H]1C[C@@H]1C(=O)Nc1cc(S(=O)(=O)N2CCOCC2)ccc1N1CCCC1. The fourth-order valence-electron chi connectivity index (χ4n) is 3.86. The smallest absolute Gasteiger partial charge is 0.243 e. The molecule has 0 aromatic heterocycles. The van der Waals surface area contributed by atoms with Gasteiger partial charge in [-0.2, -0.15) is 4.31 Å². The molecule has 7 nitrogen and oxygen atoms in total. The number of anilines is 2. The van der Waals surface area contributed by atoms with Gasteiger partial charge in [0.05, 0.1) is 29.5 Å². The summed E-state index contributed by atoms with van der Waals surface area (Å²) in [6, 6.07) is 5.13. The van der Waals surface area contributed by atoms with Gasteiger partial charge in [0.2, 0.25) is 15.9 Å². The zero-order chi connectivity index (χ0) is 19.0. The third kappa shape index (κ3) is 3.83. The molecular formula is C19H27N3O4S. The second-order valence-corrected chi connectivity index (χ2v) is 9.64. The molecule has 1 aromatic rings. The van der Waals surface area contributed by atoms with Crippen molar-refractivity contribution in [1.82, 2.24) is 4.31 Å². The zero-order valence-corrected chi connectivity index (χ0v) is 16.5. The fourth-order valence-corrected chi connectivity index (χ4v) is 5.29. The van der Waals surface area contributed by atoms with Crippen LogP contribution in [0.4, 0.5) is 11.4 Å². The van der Waals surface area contributed by atoms with E-state index in [9.17, 15) is 13.2 Å². The second kappa shape index (κ2) is 7.41. The maximum Gasteiger partial charge on any atom is 0.243 e. The van der Waals surface area contributed by atoms with Gasteiger partial charge in [-0.3, -0.25) is 4.79 Å². The Balaban J connectivity index is 1.64. The van der Waals surface area contributed by atoms with E-state index in [2.05, 4.69) is 17.1 Å². The van der Waals surface area contributed by atoms with Crippen LogP contribution in [0.2, 0.25) is 0 Å². The fraction of sp³-hybridized carbons (Fsp3) is 0.632. The Labute approximate surface area is 160 Å². The summed E-state index contributed by atoms with van der Waals surface area (Å²) < 4.78 is 32.7. The highest BCUT2D eigenvalue weighted by Crippen LogP contribution is 2.40. The Bertz CT molecular complexity index is 814. The van der Waals surface area contributed by atoms with Crippen LogP contribution in [-0.2, 0) is 19.6 Å². The van der Waals surface area contributed by atoms with E-state index in [1.54, 1.807) is 12.1 Å². The standard InChI is InChI=1S/C19H27N3O4S/c1-14-12-16(14)19(23)20-17-13-15(4-5-18(17)21-6-2-3-7-21)27(24,25)22-8-10-26-11-9-22/h4-5,13-14,16H,2-3,6-12H2,1H3,(H,20,23)/t14-,16+/m1/s1. The molecule has 1 aromatic carbocycles. The molecule has 0 spiro atoms. The van der Waals surface area contributed by atoms with Gasteiger partial charge in [0.15, 0.2) is 0 Å². The molecule has 1 aliphatic carbocycles. The van der Waals surface area contributed by atoms with Crippen molar-refractivity contribution >= 4 is 27.3 Å². The van der Waals surface area contributed by atoms with Gasteiger partial charge in [0, 0.05) is 32.1 Å². The highest BCUT2D eigenvalue weighted by Gasteiger charge is 2.39. The lowest BCUT2D eigenvalue weighted by Crippen LogP contribution is -2.40. The first-order chi connectivity index (χ1) is 13.0. The molecule has 148 valence electrons. The van der Waals surface area contributed by atoms with Crippen molar-refractivity contribution in [3.8, 4) is 0 Å². The first kappa shape index (κ1) is 18.7. The van der Waals surface area contributed by atoms with Gasteiger partial charge in [-0.15, -0.1) is 0 Å². The highest BCUT2D eigenvalue weighted by molar-refractivity contribution is 7.89. The molecule has 1 amide bonds. The first-order valence-corrected chi connectivity index (χ1v) is 11.2. The molecule has 3 fully saturated rings. The third-order valence-electron chi connectivity index (χ3n) is 5.73. The number of sulfonamides is 1. The van der Waals surface area contributed by atoms with Crippen LogP contribution in [0.3, 0.4) is 0 Å². The van der Waals surface area contributed by atoms with Crippen molar-refractivity contribution in [2.75, 3.05) is 49.6 Å². The van der Waals surface area contributed by atoms with Crippen molar-refractivity contribution in [2.24, 2.45) is 11.8 Å². The lowest BCUT2D eigenvalue weighted by molar-refractivity contribution is -0.117. The summed E-state index contributed by atoms with van der Waals surface area (Å²) >= 11 is 0. The lowest BCUT2D eigenvalue weighted by atomic mass is 10.2. The van der Waals surface area contributed by atoms with E-state index in [-0.39, 0.29) is 16.7 Å². The van der Waals surface area contributed by atoms with Gasteiger partial charge in [0.1, 0.15) is 0 Å². The average Bonchev–Trinajstić information content (AvgIpc) is 3.17. The summed E-state index contributed by atoms with van der Waals surface area (Å²) in [6.07, 6.45) is 3.12. The number of morpholine rings is 1. The van der Waals surface area contributed by atoms with Crippen LogP contribution in [0.1, 0.15) is 26.2 Å². The normalized spacial score (nSPS) is 26.2. The average molecular weight is 394 g/mol. The summed E-state index contributed by atoms with van der Waals surface area (Å²) in [5.41, 5.74) is 1.52. The van der Waals surface area contributed by atoms with E-state index in [0.717, 1.165) is 38.0 Å². The number of hydrogen-bond donors (Lipinski definition) is 1. The largest absolute Gasteiger partial charge is 0.379 e. The van der Waals surface area contributed by atoms with Gasteiger partial charge < -0.3 is 15.0 Å². The van der Waals surface area contributed by atoms with E-state index in [0.29, 0.717) is 37.9 Å². The number of amides is 1. The molecule has 1 saturated carbocycles. The summed E-state index contributed by atoms with van der Waals surface area (Å²) in [6.45, 7) is 5.46. The van der Waals surface area contributed by atoms with Gasteiger partial charge in [0.25, 0.3) is 0 Å². The molecular weight excluding hydrogens is 366 g/mol. The van der Waals surface area contributed by atoms with E-state index >= 15 is 0 Å². The van der Waals surface area contributed by atoms with Crippen LogP contribution >= 0.6 is 0 Å². The predicted molar refractivity (Wildman–Crippen MR) is 103 cm³/mol. The van der Waals surface area contributed by atoms with Crippen molar-refractivity contribution < 1.29 is 17.9 Å². The molecule has 27 heavy (non-hydrogen) atoms. The van der Waals surface area contributed by atoms with E-state index in [1.807, 2.05) is 6.07 Å². The molecule has 2 heterocycles. The van der Waals surface area contributed by atoms with E-state index < -0.39 is 10.0 Å². The van der Waals surface area contributed by atoms with Crippen LogP contribution < -0.4 is 10.2 Å². The van der Waals surface area contributed by atoms with Gasteiger partial charge in [-0.05, 0) is 43.4 Å². The minimum atomic E-state index is -3.59. The topological polar surface area (TPSA) is 79.0 Å². The maximum atomic E-state index is 13.0. The first-order valence-electron chi connectivity index (χ1n) is 9.74. The number of rotatable bonds is 5. The number of carbonyl (C=O) groups is 1. The number of nitrogens with one attached hydrogen (secondary N) is 1. The highest BCUT2D eigenvalue weighted by atomic mass is 32.2. The molecule has 2 saturated heterocycles. The summed E-state index contributed by atoms with van der Waals surface area (Å²) in [4.78, 5) is 15.0. The summed E-state index contributed by atoms with van der Waals surface area (Å²) in [7, 11) is -3.59. The molecule has 8 heteroatoms. The van der Waals surface area contributed by atoms with Crippen LogP contribution in [0, 0.1) is 11.8 Å². The molecule has 0 bridgehead atoms. The molecule has 2 atom stereocenters. The number of hydrogen-bond acceptors (Lipinski definition) is 5. The number of benzene rings is 1. The Kier molecular flexibility index (Phi) is 5.13. The zero-order valence-electron chi connectivity index (χ0n) is 15.7. The van der Waals surface area contributed by atoms with E-state index in [4.69, 9.17) is 4.74 Å². The second-order valence-electron chi connectivity index (χ2n) is 7.70. The molecule has 2 aliphatic heterocycles. The van der Waals surface area contributed by atoms with Crippen LogP contribution in [0.25, 0.3) is 0 Å². The minimum absolute atomic E-state index is 0.0103. The Hall–Kier alpha value is -1.64. The summed E-state index contributed by atoms with van der Waals surface area (Å²) in [5.74, 6) is 0.431. The van der Waals surface area contributed by atoms with E-state index in [1.165, 1.54) is 4.31 Å². The van der Waals surface area contributed by atoms with Crippen molar-refractivity contribution in [3.63, 3.8) is 0 Å². The minimum Gasteiger partial charge on any atom is -0.379 e. The quantitative estimate of drug-likeness (QED) is 0.827. The molecule has 4 rings (SSSR count). The Morgan fingerprint density at radius 3 is 2.44 bits per heavy atom. The van der Waals surface area contributed by atoms with Crippen LogP contribution in [0.15, 0.2) is 23.1 Å². The lowest BCUT2D eigenvalue weighted by Gasteiger charge is -2.27. The molecule has 1 N–H and O–H groups in total. The van der Waals surface area contributed by atoms with Crippen LogP contribution in [-0.4, -0.2) is 58.0 Å². The molecule has 0 radical (unpaired) electrons. The Morgan fingerprint density at radius 2 is 1.81 bits per heavy atom. The molecule has 3 aliphatic rings. The van der Waals surface area contributed by atoms with Crippen LogP contribution in [0.5, 0.6) is 0 Å². The number of ether oxygens (including phenoxy) is 1. The van der Waals surface area contributed by atoms with Gasteiger partial charge in [-0.1, -0.05) is 6.92 Å². The number of nitrogens with zero attached hydrogens (tertiary/aromatic N) is 2. The van der Waals surface area contributed by atoms with Crippen molar-refractivity contribution in [1.29, 1.82) is 0 Å². The Morgan fingerprint density at radius 1 is 1.15 bits per heavy atom. The monoisotopic (exact) mass is 393 g/mol. The third-order valence-corrected chi connectivity index (χ3v) is 7.62. The summed E-state index contributed by atoms with van der Waals surface area (Å²) in [5, 5.41) is 3.01. The molecule has 0 unspecified atom stereocenters. The predicted octanol–water partition coefficient (Wildman–Crippen LogP) is 1.90. The van der Waals surface area contributed by atoms with Gasteiger partial charge in [-0.25, -0.2) is 8.42 Å². The van der Waals surface area contributed by atoms with Crippen molar-refractivity contribution in [2.45, 2.75) is 31.1 Å². The maximum absolute atomic E-state index is 13.0.